The highest BCUT2D eigenvalue weighted by Crippen LogP contribution is 2.52. The zero-order valence-corrected chi connectivity index (χ0v) is 53.0. The van der Waals surface area contributed by atoms with Gasteiger partial charge < -0.3 is 43.2 Å². The van der Waals surface area contributed by atoms with E-state index in [9.17, 15) is 14.2 Å². The molecule has 0 aliphatic heterocycles. The van der Waals surface area contributed by atoms with Crippen LogP contribution in [-0.2, 0) is 91.1 Å². The Balaban J connectivity index is 1.46. The molecule has 83 heavy (non-hydrogen) atoms. The topological polar surface area (TPSA) is 174 Å². The second kappa shape index (κ2) is 40.6. The Kier molecular flexibility index (Phi) is 35.1. The molecule has 17 nitrogen and oxygen atoms in total. The number of aliphatic hydroxyl groups excluding tert-OH is 1. The van der Waals surface area contributed by atoms with E-state index in [4.69, 9.17) is 68.7 Å². The maximum atomic E-state index is 14.5. The lowest BCUT2D eigenvalue weighted by molar-refractivity contribution is -0.0846. The van der Waals surface area contributed by atoms with E-state index in [1.807, 2.05) is 156 Å². The van der Waals surface area contributed by atoms with Crippen LogP contribution < -0.4 is 0 Å². The van der Waals surface area contributed by atoms with Gasteiger partial charge in [0.15, 0.2) is 0 Å². The van der Waals surface area contributed by atoms with Gasteiger partial charge in [0.05, 0.1) is 96.8 Å². The number of benzene rings is 4. The van der Waals surface area contributed by atoms with Crippen LogP contribution in [0, 0.1) is 60.5 Å². The van der Waals surface area contributed by atoms with Gasteiger partial charge in [-0.3, -0.25) is 27.1 Å². The number of phosphoric acid groups is 2. The predicted molar refractivity (Wildman–Crippen MR) is 326 cm³/mol. The van der Waals surface area contributed by atoms with Crippen molar-refractivity contribution in [3.63, 3.8) is 0 Å². The number of hydrogen-bond donors (Lipinski definition) is 1. The van der Waals surface area contributed by atoms with Crippen molar-refractivity contribution in [3.05, 3.63) is 166 Å². The molecule has 20 heteroatoms. The van der Waals surface area contributed by atoms with Gasteiger partial charge in [0, 0.05) is 13.2 Å². The van der Waals surface area contributed by atoms with Crippen LogP contribution in [0.4, 0.5) is 0 Å². The summed E-state index contributed by atoms with van der Waals surface area (Å²) in [7, 11) is -5.90. The minimum Gasteiger partial charge on any atom is -0.394 e. The fourth-order valence-electron chi connectivity index (χ4n) is 8.60. The van der Waals surface area contributed by atoms with Crippen LogP contribution in [0.25, 0.3) is 9.69 Å². The van der Waals surface area contributed by atoms with Gasteiger partial charge in [-0.05, 0) is 69.6 Å². The average Bonchev–Trinajstić information content (AvgIpc) is 3.55. The zero-order valence-electron chi connectivity index (χ0n) is 50.0. The van der Waals surface area contributed by atoms with Gasteiger partial charge >= 0.3 is 15.6 Å². The molecular weight excluding hydrogens is 1120 g/mol. The van der Waals surface area contributed by atoms with Crippen molar-refractivity contribution < 1.29 is 69.8 Å². The normalized spacial score (nSPS) is 17.6. The maximum Gasteiger partial charge on any atom is 0.475 e. The first kappa shape index (κ1) is 71.7. The van der Waals surface area contributed by atoms with Crippen LogP contribution in [0.3, 0.4) is 0 Å². The lowest BCUT2D eigenvalue weighted by Gasteiger charge is -2.32. The van der Waals surface area contributed by atoms with Gasteiger partial charge in [-0.25, -0.2) is 22.3 Å². The Morgan fingerprint density at radius 3 is 1.02 bits per heavy atom. The van der Waals surface area contributed by atoms with Crippen LogP contribution >= 0.6 is 24.9 Å². The maximum absolute atomic E-state index is 14.5. The molecular formula is C63H93N2O15P3. The molecule has 0 fully saturated rings. The number of nitrogens with zero attached hydrogens (tertiary/aromatic N) is 2. The number of ether oxygens (including phenoxy) is 6. The Labute approximate surface area is 498 Å². The van der Waals surface area contributed by atoms with Gasteiger partial charge in [0.2, 0.25) is 13.1 Å². The SMILES string of the molecule is [C-]#[N+]CCOP(=O)(OC[C@@H](C)[C@@H](C)[C@H](CO)OCc1ccccc1)OC[C@H](OCc1ccccc1)[C@H](C)[C@H](C)COC[C@H](OCc1ccccc1)[C@H](C)[C@H](C)COP(=O)(OCC[N+]#[C-])OC[C@H](OCc1ccccc1)[C@H](C)[C@H](C)COCP. The van der Waals surface area contributed by atoms with Crippen LogP contribution in [0.15, 0.2) is 121 Å². The van der Waals surface area contributed by atoms with Crippen molar-refractivity contribution in [1.29, 1.82) is 0 Å². The molecule has 0 saturated carbocycles. The van der Waals surface area contributed by atoms with E-state index in [1.54, 1.807) is 0 Å². The third kappa shape index (κ3) is 27.6. The van der Waals surface area contributed by atoms with E-state index in [0.717, 1.165) is 22.3 Å². The fourth-order valence-corrected chi connectivity index (χ4v) is 11.3. The molecule has 3 unspecified atom stereocenters. The second-order valence-corrected chi connectivity index (χ2v) is 25.1. The molecule has 0 aromatic heterocycles. The summed E-state index contributed by atoms with van der Waals surface area (Å²) in [6, 6.07) is 39.1. The highest BCUT2D eigenvalue weighted by molar-refractivity contribution is 7.48. The summed E-state index contributed by atoms with van der Waals surface area (Å²) in [6.45, 7) is 32.1. The van der Waals surface area contributed by atoms with Crippen molar-refractivity contribution in [2.45, 2.75) is 106 Å². The molecule has 0 spiro atoms. The minimum absolute atomic E-state index is 0.0154. The summed E-state index contributed by atoms with van der Waals surface area (Å²) in [5, 5.41) is 10.3. The van der Waals surface area contributed by atoms with Gasteiger partial charge in [-0.2, -0.15) is 0 Å². The quantitative estimate of drug-likeness (QED) is 0.0251. The van der Waals surface area contributed by atoms with Crippen molar-refractivity contribution in [2.24, 2.45) is 47.3 Å². The third-order valence-electron chi connectivity index (χ3n) is 15.2. The molecule has 0 radical (unpaired) electrons. The molecule has 1 N–H and O–H groups in total. The Hall–Kier alpha value is -3.77. The van der Waals surface area contributed by atoms with E-state index in [0.29, 0.717) is 39.4 Å². The summed E-state index contributed by atoms with van der Waals surface area (Å²) in [4.78, 5) is 6.76. The molecule has 0 saturated heterocycles. The van der Waals surface area contributed by atoms with E-state index in [1.165, 1.54) is 0 Å². The zero-order chi connectivity index (χ0) is 60.3. The van der Waals surface area contributed by atoms with Crippen LogP contribution in [0.1, 0.15) is 77.6 Å². The Morgan fingerprint density at radius 1 is 0.410 bits per heavy atom. The van der Waals surface area contributed by atoms with Gasteiger partial charge in [0.1, 0.15) is 13.2 Å². The van der Waals surface area contributed by atoms with Crippen LogP contribution in [0.2, 0.25) is 0 Å². The summed E-state index contributed by atoms with van der Waals surface area (Å²) in [6.07, 6.45) is -1.57. The lowest BCUT2D eigenvalue weighted by Crippen LogP contribution is -2.36. The van der Waals surface area contributed by atoms with Gasteiger partial charge in [-0.1, -0.05) is 177 Å². The standard InChI is InChI=1S/C63H93N2O15P3/c1-48(53(6)62(73-42-58-27-19-13-20-28-58)45-79-82(67,75-33-31-64-9)77-38-50(3)52(5)60(35-66)71-40-56-23-15-11-16-24-56)36-69-44-61(72-41-57-25-17-12-18-26-57)55(8)51(4)39-78-83(68,76-34-32-65-10)80-46-63(54(7)49(2)37-70-47-81)74-43-59-29-21-14-22-30-59/h11-30,48-55,60-63,66H,31-47,81H2,1-8H3/t48-,49-,50-,51-,52-,53-,54-,55-,60+,61+,62+,63+,82?,83?/m1/s1. The number of rotatable bonds is 46. The minimum atomic E-state index is -4.25. The van der Waals surface area contributed by atoms with Crippen molar-refractivity contribution in [2.75, 3.05) is 85.5 Å². The van der Waals surface area contributed by atoms with Crippen molar-refractivity contribution in [1.82, 2.24) is 0 Å². The predicted octanol–water partition coefficient (Wildman–Crippen LogP) is 13.4. The largest absolute Gasteiger partial charge is 0.475 e. The fraction of sp³-hybridized carbons (Fsp3) is 0.587. The molecule has 0 heterocycles. The summed E-state index contributed by atoms with van der Waals surface area (Å²) >= 11 is 0. The molecule has 4 rings (SSSR count). The highest BCUT2D eigenvalue weighted by atomic mass is 31.2. The molecule has 0 aliphatic rings. The molecule has 4 aromatic carbocycles. The second-order valence-electron chi connectivity index (χ2n) is 21.5. The van der Waals surface area contributed by atoms with E-state index >= 15 is 0 Å². The molecule has 0 aliphatic carbocycles. The summed E-state index contributed by atoms with van der Waals surface area (Å²) in [5.74, 6) is -1.21. The number of phosphoric ester groups is 2. The molecule has 460 valence electrons. The average molecular weight is 1210 g/mol. The first-order valence-electron chi connectivity index (χ1n) is 28.9. The third-order valence-corrected chi connectivity index (χ3v) is 18.3. The first-order chi connectivity index (χ1) is 40.0. The Morgan fingerprint density at radius 2 is 0.699 bits per heavy atom. The Bertz CT molecular complexity index is 2500. The van der Waals surface area contributed by atoms with Crippen LogP contribution in [-0.4, -0.2) is 115 Å². The smallest absolute Gasteiger partial charge is 0.394 e. The van der Waals surface area contributed by atoms with Gasteiger partial charge in [-0.15, -0.1) is 9.24 Å². The monoisotopic (exact) mass is 1210 g/mol. The van der Waals surface area contributed by atoms with Crippen molar-refractivity contribution >= 4 is 24.9 Å². The summed E-state index contributed by atoms with van der Waals surface area (Å²) in [5.41, 5.74) is 3.88. The number of hydrogen-bond acceptors (Lipinski definition) is 15. The molecule has 4 aromatic rings. The van der Waals surface area contributed by atoms with E-state index in [-0.39, 0.29) is 120 Å². The van der Waals surface area contributed by atoms with Crippen LogP contribution in [0.5, 0.6) is 0 Å². The molecule has 0 amide bonds. The van der Waals surface area contributed by atoms with Gasteiger partial charge in [0.25, 0.3) is 0 Å². The van der Waals surface area contributed by atoms with E-state index in [2.05, 4.69) is 39.7 Å². The molecule has 0 bridgehead atoms. The summed E-state index contributed by atoms with van der Waals surface area (Å²) < 4.78 is 103. The lowest BCUT2D eigenvalue weighted by atomic mass is 9.90. The highest BCUT2D eigenvalue weighted by Gasteiger charge is 2.37. The van der Waals surface area contributed by atoms with Crippen molar-refractivity contribution in [3.8, 4) is 0 Å². The first-order valence-corrected chi connectivity index (χ1v) is 32.6. The molecule has 15 atom stereocenters. The number of aliphatic hydroxyl groups is 1. The van der Waals surface area contributed by atoms with E-state index < -0.39 is 40.1 Å².